The lowest BCUT2D eigenvalue weighted by molar-refractivity contribution is -0.126. The highest BCUT2D eigenvalue weighted by molar-refractivity contribution is 5.79. The minimum absolute atomic E-state index is 0.0458. The molecule has 0 saturated carbocycles. The van der Waals surface area contributed by atoms with Crippen molar-refractivity contribution in [2.24, 2.45) is 5.92 Å². The van der Waals surface area contributed by atoms with Crippen LogP contribution in [0.2, 0.25) is 0 Å². The Balaban J connectivity index is 1.50. The molecule has 29 heavy (non-hydrogen) atoms. The maximum absolute atomic E-state index is 12.9. The first kappa shape index (κ1) is 19.3. The number of nitrogens with zero attached hydrogens (tertiary/aromatic N) is 3. The lowest BCUT2D eigenvalue weighted by Crippen LogP contribution is -2.40. The third-order valence-electron chi connectivity index (χ3n) is 5.33. The number of fused-ring (bicyclic) bond motifs is 1. The lowest BCUT2D eigenvalue weighted by atomic mass is 9.92. The molecule has 6 nitrogen and oxygen atoms in total. The van der Waals surface area contributed by atoms with Crippen LogP contribution in [0.4, 0.5) is 0 Å². The molecule has 0 aliphatic carbocycles. The number of hydrogen-bond acceptors (Lipinski definition) is 4. The topological polar surface area (TPSA) is 69.0 Å². The van der Waals surface area contributed by atoms with Crippen LogP contribution in [0.25, 0.3) is 11.1 Å². The maximum Gasteiger partial charge on any atom is 0.223 e. The van der Waals surface area contributed by atoms with Crippen LogP contribution < -0.4 is 5.32 Å². The van der Waals surface area contributed by atoms with Crippen molar-refractivity contribution in [3.8, 4) is 11.1 Å². The van der Waals surface area contributed by atoms with Crippen molar-refractivity contribution in [2.75, 3.05) is 6.61 Å². The Morgan fingerprint density at radius 2 is 1.86 bits per heavy atom. The fraction of sp³-hybridized carbons (Fsp3) is 0.348. The van der Waals surface area contributed by atoms with Crippen molar-refractivity contribution < 1.29 is 9.53 Å². The summed E-state index contributed by atoms with van der Waals surface area (Å²) in [6.45, 7) is 2.77. The SMILES string of the molecule is C[C@H]1COCn2nncc2CC[C@H](Cc2ccc(-c3ccccc3)cc2)C(=O)N1. The monoisotopic (exact) mass is 390 g/mol. The minimum Gasteiger partial charge on any atom is -0.357 e. The summed E-state index contributed by atoms with van der Waals surface area (Å²) >= 11 is 0. The number of nitrogens with one attached hydrogen (secondary N) is 1. The van der Waals surface area contributed by atoms with Crippen molar-refractivity contribution in [3.05, 3.63) is 72.1 Å². The van der Waals surface area contributed by atoms with E-state index in [0.717, 1.165) is 24.1 Å². The van der Waals surface area contributed by atoms with Gasteiger partial charge in [0.1, 0.15) is 6.73 Å². The Labute approximate surface area is 170 Å². The van der Waals surface area contributed by atoms with E-state index in [1.54, 1.807) is 10.9 Å². The van der Waals surface area contributed by atoms with Crippen molar-refractivity contribution in [1.29, 1.82) is 0 Å². The third-order valence-corrected chi connectivity index (χ3v) is 5.33. The van der Waals surface area contributed by atoms with E-state index in [1.165, 1.54) is 11.1 Å². The number of carbonyl (C=O) groups excluding carboxylic acids is 1. The van der Waals surface area contributed by atoms with Gasteiger partial charge in [0.25, 0.3) is 0 Å². The molecule has 0 fully saturated rings. The summed E-state index contributed by atoms with van der Waals surface area (Å²) in [5.41, 5.74) is 4.54. The molecule has 3 aromatic rings. The molecule has 0 bridgehead atoms. The lowest BCUT2D eigenvalue weighted by Gasteiger charge is -2.19. The Bertz CT molecular complexity index is 937. The second-order valence-electron chi connectivity index (χ2n) is 7.64. The highest BCUT2D eigenvalue weighted by Crippen LogP contribution is 2.22. The highest BCUT2D eigenvalue weighted by Gasteiger charge is 2.22. The predicted octanol–water partition coefficient (Wildman–Crippen LogP) is 3.23. The molecule has 1 aromatic heterocycles. The number of benzene rings is 2. The molecule has 1 amide bonds. The van der Waals surface area contributed by atoms with E-state index in [-0.39, 0.29) is 17.9 Å². The Kier molecular flexibility index (Phi) is 6.00. The van der Waals surface area contributed by atoms with Crippen LogP contribution in [0.1, 0.15) is 24.6 Å². The third kappa shape index (κ3) is 4.90. The Hall–Kier alpha value is -2.99. The maximum atomic E-state index is 12.9. The smallest absolute Gasteiger partial charge is 0.223 e. The molecule has 0 unspecified atom stereocenters. The summed E-state index contributed by atoms with van der Waals surface area (Å²) in [5.74, 6) is -0.0318. The Morgan fingerprint density at radius 1 is 1.10 bits per heavy atom. The van der Waals surface area contributed by atoms with Crippen LogP contribution in [0.15, 0.2) is 60.8 Å². The van der Waals surface area contributed by atoms with Gasteiger partial charge in [0.05, 0.1) is 18.5 Å². The Morgan fingerprint density at radius 3 is 2.66 bits per heavy atom. The first-order valence-corrected chi connectivity index (χ1v) is 10.1. The van der Waals surface area contributed by atoms with E-state index in [9.17, 15) is 4.79 Å². The van der Waals surface area contributed by atoms with E-state index >= 15 is 0 Å². The number of aryl methyl sites for hydroxylation is 1. The first-order valence-electron chi connectivity index (χ1n) is 10.1. The van der Waals surface area contributed by atoms with Gasteiger partial charge in [-0.2, -0.15) is 0 Å². The van der Waals surface area contributed by atoms with Gasteiger partial charge in [-0.05, 0) is 42.9 Å². The summed E-state index contributed by atoms with van der Waals surface area (Å²) < 4.78 is 7.44. The van der Waals surface area contributed by atoms with Crippen molar-refractivity contribution in [3.63, 3.8) is 0 Å². The zero-order valence-electron chi connectivity index (χ0n) is 16.6. The largest absolute Gasteiger partial charge is 0.357 e. The standard InChI is InChI=1S/C23H26N4O2/c1-17-15-29-16-27-22(14-24-26-27)12-11-21(23(28)25-17)13-18-7-9-20(10-8-18)19-5-3-2-4-6-19/h2-10,14,17,21H,11-13,15-16H2,1H3,(H,25,28)/t17-,21+/m0/s1. The van der Waals surface area contributed by atoms with E-state index in [1.807, 2.05) is 25.1 Å². The zero-order valence-corrected chi connectivity index (χ0v) is 16.6. The molecular weight excluding hydrogens is 364 g/mol. The van der Waals surface area contributed by atoms with Gasteiger partial charge in [-0.3, -0.25) is 4.79 Å². The molecule has 0 spiro atoms. The molecule has 6 heteroatoms. The highest BCUT2D eigenvalue weighted by atomic mass is 16.5. The van der Waals surface area contributed by atoms with Gasteiger partial charge in [-0.1, -0.05) is 59.8 Å². The van der Waals surface area contributed by atoms with Crippen molar-refractivity contribution in [1.82, 2.24) is 20.3 Å². The average Bonchev–Trinajstić information content (AvgIpc) is 3.18. The van der Waals surface area contributed by atoms with E-state index in [4.69, 9.17) is 4.74 Å². The first-order chi connectivity index (χ1) is 14.2. The number of carbonyl (C=O) groups is 1. The van der Waals surface area contributed by atoms with Gasteiger partial charge in [0, 0.05) is 12.0 Å². The van der Waals surface area contributed by atoms with Crippen LogP contribution in [0, 0.1) is 5.92 Å². The molecule has 2 heterocycles. The average molecular weight is 390 g/mol. The number of ether oxygens (including phenoxy) is 1. The summed E-state index contributed by atoms with van der Waals surface area (Å²) in [5, 5.41) is 11.2. The second-order valence-corrected chi connectivity index (χ2v) is 7.64. The fourth-order valence-corrected chi connectivity index (χ4v) is 3.70. The second kappa shape index (κ2) is 9.01. The van der Waals surface area contributed by atoms with Gasteiger partial charge in [0.2, 0.25) is 5.91 Å². The van der Waals surface area contributed by atoms with E-state index in [2.05, 4.69) is 52.0 Å². The van der Waals surface area contributed by atoms with Crippen molar-refractivity contribution >= 4 is 5.91 Å². The molecule has 150 valence electrons. The van der Waals surface area contributed by atoms with Crippen LogP contribution in [-0.2, 0) is 29.1 Å². The van der Waals surface area contributed by atoms with Gasteiger partial charge < -0.3 is 10.1 Å². The molecule has 4 rings (SSSR count). The molecule has 1 N–H and O–H groups in total. The molecule has 0 saturated heterocycles. The molecule has 0 radical (unpaired) electrons. The predicted molar refractivity (Wildman–Crippen MR) is 111 cm³/mol. The number of amides is 1. The molecule has 1 aliphatic rings. The molecule has 1 aliphatic heterocycles. The molecular formula is C23H26N4O2. The summed E-state index contributed by atoms with van der Waals surface area (Å²) in [6.07, 6.45) is 3.95. The zero-order chi connectivity index (χ0) is 20.1. The fourth-order valence-electron chi connectivity index (χ4n) is 3.70. The number of rotatable bonds is 3. The number of hydrogen-bond donors (Lipinski definition) is 1. The summed E-state index contributed by atoms with van der Waals surface area (Å²) in [7, 11) is 0. The summed E-state index contributed by atoms with van der Waals surface area (Å²) in [6, 6.07) is 18.8. The van der Waals surface area contributed by atoms with Crippen LogP contribution in [0.5, 0.6) is 0 Å². The normalized spacial score (nSPS) is 20.4. The van der Waals surface area contributed by atoms with Gasteiger partial charge in [-0.15, -0.1) is 5.10 Å². The number of aromatic nitrogens is 3. The summed E-state index contributed by atoms with van der Waals surface area (Å²) in [4.78, 5) is 12.9. The van der Waals surface area contributed by atoms with Gasteiger partial charge >= 0.3 is 0 Å². The quantitative estimate of drug-likeness (QED) is 0.746. The van der Waals surface area contributed by atoms with Gasteiger partial charge in [-0.25, -0.2) is 4.68 Å². The van der Waals surface area contributed by atoms with Crippen molar-refractivity contribution in [2.45, 2.75) is 39.0 Å². The van der Waals surface area contributed by atoms with E-state index < -0.39 is 0 Å². The molecule has 2 aromatic carbocycles. The van der Waals surface area contributed by atoms with Crippen LogP contribution in [0.3, 0.4) is 0 Å². The van der Waals surface area contributed by atoms with Crippen LogP contribution >= 0.6 is 0 Å². The minimum atomic E-state index is -0.110. The van der Waals surface area contributed by atoms with Gasteiger partial charge in [0.15, 0.2) is 0 Å². The van der Waals surface area contributed by atoms with Crippen LogP contribution in [-0.4, -0.2) is 33.5 Å². The molecule has 2 atom stereocenters. The van der Waals surface area contributed by atoms with E-state index in [0.29, 0.717) is 19.8 Å².